The van der Waals surface area contributed by atoms with Gasteiger partial charge in [-0.05, 0) is 38.0 Å². The number of anilines is 1. The summed E-state index contributed by atoms with van der Waals surface area (Å²) in [7, 11) is 0. The summed E-state index contributed by atoms with van der Waals surface area (Å²) >= 11 is 3.55. The molecule has 0 aliphatic carbocycles. The van der Waals surface area contributed by atoms with E-state index in [4.69, 9.17) is 11.5 Å². The maximum absolute atomic E-state index is 5.87. The van der Waals surface area contributed by atoms with Crippen LogP contribution < -0.4 is 11.5 Å². The number of nitrogen functional groups attached to an aromatic ring is 1. The molecule has 0 radical (unpaired) electrons. The third-order valence-electron chi connectivity index (χ3n) is 2.75. The van der Waals surface area contributed by atoms with Crippen molar-refractivity contribution in [2.45, 2.75) is 42.3 Å². The van der Waals surface area contributed by atoms with Gasteiger partial charge in [-0.1, -0.05) is 18.7 Å². The summed E-state index contributed by atoms with van der Waals surface area (Å²) in [6.45, 7) is 4.26. The first-order chi connectivity index (χ1) is 8.58. The highest BCUT2D eigenvalue weighted by molar-refractivity contribution is 8.01. The van der Waals surface area contributed by atoms with Crippen molar-refractivity contribution < 1.29 is 0 Å². The average molecular weight is 281 g/mol. The zero-order valence-electron chi connectivity index (χ0n) is 10.7. The maximum atomic E-state index is 5.87. The topological polar surface area (TPSA) is 64.9 Å². The van der Waals surface area contributed by atoms with Gasteiger partial charge in [0.1, 0.15) is 0 Å². The summed E-state index contributed by atoms with van der Waals surface area (Å²) in [5.41, 5.74) is 13.5. The summed E-state index contributed by atoms with van der Waals surface area (Å²) in [5, 5.41) is 0.544. The standard InChI is InChI=1S/C13H19N3S2/c1-3-10(6-8(2)14)17-13-16-11-5-4-9(15)7-12(11)18-13/h4-5,7-8,10H,3,6,14-15H2,1-2H3. The number of thioether (sulfide) groups is 1. The van der Waals surface area contributed by atoms with E-state index in [1.807, 2.05) is 30.0 Å². The van der Waals surface area contributed by atoms with Crippen LogP contribution in [0.25, 0.3) is 10.2 Å². The minimum atomic E-state index is 0.243. The van der Waals surface area contributed by atoms with Crippen molar-refractivity contribution in [3.8, 4) is 0 Å². The lowest BCUT2D eigenvalue weighted by Crippen LogP contribution is -2.20. The molecule has 98 valence electrons. The minimum Gasteiger partial charge on any atom is -0.399 e. The maximum Gasteiger partial charge on any atom is 0.151 e. The Balaban J connectivity index is 2.15. The van der Waals surface area contributed by atoms with E-state index in [9.17, 15) is 0 Å². The Labute approximate surface area is 116 Å². The van der Waals surface area contributed by atoms with Crippen LogP contribution in [0.15, 0.2) is 22.5 Å². The molecule has 0 spiro atoms. The minimum absolute atomic E-state index is 0.243. The second kappa shape index (κ2) is 5.91. The summed E-state index contributed by atoms with van der Waals surface area (Å²) in [6.07, 6.45) is 2.14. The Morgan fingerprint density at radius 3 is 2.89 bits per heavy atom. The second-order valence-corrected chi connectivity index (χ2v) is 7.15. The zero-order chi connectivity index (χ0) is 13.1. The predicted molar refractivity (Wildman–Crippen MR) is 82.2 cm³/mol. The van der Waals surface area contributed by atoms with Gasteiger partial charge in [-0.25, -0.2) is 4.98 Å². The molecule has 2 rings (SSSR count). The normalized spacial score (nSPS) is 14.8. The first kappa shape index (κ1) is 13.6. The average Bonchev–Trinajstić information content (AvgIpc) is 2.68. The first-order valence-corrected chi connectivity index (χ1v) is 7.86. The number of rotatable bonds is 5. The molecule has 2 unspecified atom stereocenters. The smallest absolute Gasteiger partial charge is 0.151 e. The Morgan fingerprint density at radius 2 is 2.22 bits per heavy atom. The van der Waals surface area contributed by atoms with Crippen molar-refractivity contribution in [2.75, 3.05) is 5.73 Å². The van der Waals surface area contributed by atoms with Gasteiger partial charge in [-0.2, -0.15) is 0 Å². The van der Waals surface area contributed by atoms with Crippen molar-refractivity contribution in [3.63, 3.8) is 0 Å². The molecule has 0 aliphatic heterocycles. The Kier molecular flexibility index (Phi) is 4.48. The number of thiazole rings is 1. The molecule has 5 heteroatoms. The third-order valence-corrected chi connectivity index (χ3v) is 5.25. The van der Waals surface area contributed by atoms with Crippen molar-refractivity contribution in [1.29, 1.82) is 0 Å². The highest BCUT2D eigenvalue weighted by atomic mass is 32.2. The van der Waals surface area contributed by atoms with Gasteiger partial charge in [-0.15, -0.1) is 11.3 Å². The van der Waals surface area contributed by atoms with E-state index in [2.05, 4.69) is 18.8 Å². The van der Waals surface area contributed by atoms with Crippen LogP contribution in [0.1, 0.15) is 26.7 Å². The van der Waals surface area contributed by atoms with Crippen LogP contribution in [0.4, 0.5) is 5.69 Å². The summed E-state index contributed by atoms with van der Waals surface area (Å²) in [4.78, 5) is 4.63. The van der Waals surface area contributed by atoms with Gasteiger partial charge in [-0.3, -0.25) is 0 Å². The lowest BCUT2D eigenvalue weighted by atomic mass is 10.1. The molecule has 1 aromatic heterocycles. The van der Waals surface area contributed by atoms with Gasteiger partial charge in [0, 0.05) is 17.0 Å². The molecular formula is C13H19N3S2. The number of hydrogen-bond donors (Lipinski definition) is 2. The SMILES string of the molecule is CCC(CC(C)N)Sc1nc2ccc(N)cc2s1. The van der Waals surface area contributed by atoms with E-state index in [0.29, 0.717) is 5.25 Å². The van der Waals surface area contributed by atoms with Crippen LogP contribution in [0.2, 0.25) is 0 Å². The van der Waals surface area contributed by atoms with E-state index in [0.717, 1.165) is 33.1 Å². The van der Waals surface area contributed by atoms with E-state index in [1.54, 1.807) is 11.3 Å². The fraction of sp³-hybridized carbons (Fsp3) is 0.462. The molecule has 1 aromatic carbocycles. The largest absolute Gasteiger partial charge is 0.399 e. The number of fused-ring (bicyclic) bond motifs is 1. The fourth-order valence-electron chi connectivity index (χ4n) is 1.83. The molecule has 0 fully saturated rings. The van der Waals surface area contributed by atoms with Gasteiger partial charge in [0.2, 0.25) is 0 Å². The van der Waals surface area contributed by atoms with Crippen molar-refractivity contribution >= 4 is 39.0 Å². The molecular weight excluding hydrogens is 262 g/mol. The Morgan fingerprint density at radius 1 is 1.44 bits per heavy atom. The van der Waals surface area contributed by atoms with Crippen LogP contribution >= 0.6 is 23.1 Å². The summed E-state index contributed by atoms with van der Waals surface area (Å²) in [6, 6.07) is 6.12. The monoisotopic (exact) mass is 281 g/mol. The van der Waals surface area contributed by atoms with Crippen molar-refractivity contribution in [3.05, 3.63) is 18.2 Å². The van der Waals surface area contributed by atoms with E-state index < -0.39 is 0 Å². The van der Waals surface area contributed by atoms with Crippen molar-refractivity contribution in [1.82, 2.24) is 4.98 Å². The zero-order valence-corrected chi connectivity index (χ0v) is 12.4. The van der Waals surface area contributed by atoms with E-state index >= 15 is 0 Å². The Bertz CT molecular complexity index is 522. The van der Waals surface area contributed by atoms with Crippen LogP contribution in [0.5, 0.6) is 0 Å². The molecule has 18 heavy (non-hydrogen) atoms. The molecule has 0 bridgehead atoms. The quantitative estimate of drug-likeness (QED) is 0.650. The van der Waals surface area contributed by atoms with Crippen LogP contribution in [-0.2, 0) is 0 Å². The van der Waals surface area contributed by atoms with Crippen LogP contribution in [0, 0.1) is 0 Å². The molecule has 3 nitrogen and oxygen atoms in total. The van der Waals surface area contributed by atoms with Gasteiger partial charge in [0.15, 0.2) is 4.34 Å². The number of nitrogens with zero attached hydrogens (tertiary/aromatic N) is 1. The van der Waals surface area contributed by atoms with Gasteiger partial charge < -0.3 is 11.5 Å². The predicted octanol–water partition coefficient (Wildman–Crippen LogP) is 3.49. The first-order valence-electron chi connectivity index (χ1n) is 6.16. The van der Waals surface area contributed by atoms with Gasteiger partial charge in [0.25, 0.3) is 0 Å². The highest BCUT2D eigenvalue weighted by Gasteiger charge is 2.13. The van der Waals surface area contributed by atoms with Gasteiger partial charge in [0.05, 0.1) is 10.2 Å². The molecule has 0 saturated carbocycles. The second-order valence-electron chi connectivity index (χ2n) is 4.57. The van der Waals surface area contributed by atoms with E-state index in [-0.39, 0.29) is 6.04 Å². The lowest BCUT2D eigenvalue weighted by Gasteiger charge is -2.14. The highest BCUT2D eigenvalue weighted by Crippen LogP contribution is 2.35. The fourth-order valence-corrected chi connectivity index (χ4v) is 4.44. The summed E-state index contributed by atoms with van der Waals surface area (Å²) < 4.78 is 2.27. The number of aromatic nitrogens is 1. The lowest BCUT2D eigenvalue weighted by molar-refractivity contribution is 0.628. The Hall–Kier alpha value is -0.780. The number of hydrogen-bond acceptors (Lipinski definition) is 5. The number of benzene rings is 1. The molecule has 0 amide bonds. The molecule has 4 N–H and O–H groups in total. The summed E-state index contributed by atoms with van der Waals surface area (Å²) in [5.74, 6) is 0. The molecule has 1 heterocycles. The molecule has 2 aromatic rings. The third kappa shape index (κ3) is 3.37. The number of nitrogens with two attached hydrogens (primary N) is 2. The molecule has 0 saturated heterocycles. The molecule has 0 aliphatic rings. The van der Waals surface area contributed by atoms with Crippen LogP contribution in [0.3, 0.4) is 0 Å². The van der Waals surface area contributed by atoms with Crippen LogP contribution in [-0.4, -0.2) is 16.3 Å². The van der Waals surface area contributed by atoms with Gasteiger partial charge >= 0.3 is 0 Å². The van der Waals surface area contributed by atoms with E-state index in [1.165, 1.54) is 0 Å². The van der Waals surface area contributed by atoms with Crippen molar-refractivity contribution in [2.24, 2.45) is 5.73 Å². The molecule has 2 atom stereocenters.